The van der Waals surface area contributed by atoms with E-state index in [2.05, 4.69) is 24.3 Å². The first-order valence-corrected chi connectivity index (χ1v) is 6.79. The average molecular weight is 257 g/mol. The van der Waals surface area contributed by atoms with Gasteiger partial charge >= 0.3 is 0 Å². The van der Waals surface area contributed by atoms with Gasteiger partial charge in [0.1, 0.15) is 5.82 Å². The van der Waals surface area contributed by atoms with Crippen LogP contribution in [0.1, 0.15) is 29.9 Å². The minimum Gasteiger partial charge on any atom is -0.330 e. The number of aryl methyl sites for hydroxylation is 1. The van der Waals surface area contributed by atoms with E-state index in [0.717, 1.165) is 24.8 Å². The highest BCUT2D eigenvalue weighted by atomic mass is 19.1. The zero-order chi connectivity index (χ0) is 13.5. The van der Waals surface area contributed by atoms with Crippen molar-refractivity contribution in [2.45, 2.75) is 25.2 Å². The third kappa shape index (κ3) is 4.18. The van der Waals surface area contributed by atoms with Gasteiger partial charge in [0.2, 0.25) is 0 Å². The van der Waals surface area contributed by atoms with Crippen LogP contribution in [-0.2, 0) is 6.42 Å². The molecule has 2 aromatic carbocycles. The summed E-state index contributed by atoms with van der Waals surface area (Å²) in [5.74, 6) is 0.294. The third-order valence-electron chi connectivity index (χ3n) is 3.46. The molecule has 0 amide bonds. The topological polar surface area (TPSA) is 26.0 Å². The minimum absolute atomic E-state index is 0.160. The standard InChI is InChI=1S/C17H20FN/c18-17-8-4-5-14(13-17)9-10-16(11-12-19)15-6-2-1-3-7-15/h1-8,13,16H,9-12,19H2. The summed E-state index contributed by atoms with van der Waals surface area (Å²) in [7, 11) is 0. The van der Waals surface area contributed by atoms with Gasteiger partial charge in [0.05, 0.1) is 0 Å². The van der Waals surface area contributed by atoms with E-state index in [9.17, 15) is 4.39 Å². The van der Waals surface area contributed by atoms with Crippen LogP contribution in [0.2, 0.25) is 0 Å². The van der Waals surface area contributed by atoms with Gasteiger partial charge in [-0.15, -0.1) is 0 Å². The maximum absolute atomic E-state index is 13.1. The lowest BCUT2D eigenvalue weighted by Crippen LogP contribution is -2.08. The Balaban J connectivity index is 2.01. The zero-order valence-electron chi connectivity index (χ0n) is 11.1. The Hall–Kier alpha value is -1.67. The molecule has 0 aliphatic heterocycles. The van der Waals surface area contributed by atoms with Crippen LogP contribution in [-0.4, -0.2) is 6.54 Å². The fourth-order valence-corrected chi connectivity index (χ4v) is 2.44. The van der Waals surface area contributed by atoms with E-state index in [0.29, 0.717) is 12.5 Å². The maximum Gasteiger partial charge on any atom is 0.123 e. The number of benzene rings is 2. The molecule has 0 aromatic heterocycles. The summed E-state index contributed by atoms with van der Waals surface area (Å²) in [6.07, 6.45) is 2.86. The largest absolute Gasteiger partial charge is 0.330 e. The van der Waals surface area contributed by atoms with Gasteiger partial charge in [0, 0.05) is 0 Å². The van der Waals surface area contributed by atoms with E-state index in [-0.39, 0.29) is 5.82 Å². The first-order chi connectivity index (χ1) is 9.29. The van der Waals surface area contributed by atoms with Crippen LogP contribution in [0, 0.1) is 5.82 Å². The second kappa shape index (κ2) is 7.05. The summed E-state index contributed by atoms with van der Waals surface area (Å²) in [5.41, 5.74) is 8.08. The Morgan fingerprint density at radius 1 is 0.947 bits per heavy atom. The summed E-state index contributed by atoms with van der Waals surface area (Å²) >= 11 is 0. The fraction of sp³-hybridized carbons (Fsp3) is 0.294. The van der Waals surface area contributed by atoms with Crippen LogP contribution >= 0.6 is 0 Å². The second-order valence-electron chi connectivity index (χ2n) is 4.85. The number of hydrogen-bond acceptors (Lipinski definition) is 1. The van der Waals surface area contributed by atoms with Crippen molar-refractivity contribution in [3.8, 4) is 0 Å². The molecule has 1 atom stereocenters. The smallest absolute Gasteiger partial charge is 0.123 e. The number of hydrogen-bond donors (Lipinski definition) is 1. The Morgan fingerprint density at radius 3 is 2.42 bits per heavy atom. The number of nitrogens with two attached hydrogens (primary N) is 1. The predicted octanol–water partition coefficient (Wildman–Crippen LogP) is 3.89. The fourth-order valence-electron chi connectivity index (χ4n) is 2.44. The molecule has 0 spiro atoms. The quantitative estimate of drug-likeness (QED) is 0.834. The van der Waals surface area contributed by atoms with Gasteiger partial charge in [0.25, 0.3) is 0 Å². The van der Waals surface area contributed by atoms with E-state index >= 15 is 0 Å². The van der Waals surface area contributed by atoms with E-state index < -0.39 is 0 Å². The summed E-state index contributed by atoms with van der Waals surface area (Å²) in [6, 6.07) is 17.3. The highest BCUT2D eigenvalue weighted by molar-refractivity contribution is 5.21. The molecule has 0 heterocycles. The molecule has 2 aromatic rings. The van der Waals surface area contributed by atoms with Crippen molar-refractivity contribution in [2.75, 3.05) is 6.54 Å². The lowest BCUT2D eigenvalue weighted by Gasteiger charge is -2.16. The number of rotatable bonds is 6. The van der Waals surface area contributed by atoms with Crippen molar-refractivity contribution in [2.24, 2.45) is 5.73 Å². The molecule has 2 heteroatoms. The van der Waals surface area contributed by atoms with Crippen LogP contribution in [0.3, 0.4) is 0 Å². The first-order valence-electron chi connectivity index (χ1n) is 6.79. The van der Waals surface area contributed by atoms with Crippen LogP contribution < -0.4 is 5.73 Å². The summed E-state index contributed by atoms with van der Waals surface area (Å²) in [6.45, 7) is 0.683. The molecular weight excluding hydrogens is 237 g/mol. The molecule has 0 saturated carbocycles. The molecule has 100 valence electrons. The van der Waals surface area contributed by atoms with Gasteiger partial charge in [-0.25, -0.2) is 4.39 Å². The van der Waals surface area contributed by atoms with Gasteiger partial charge in [-0.05, 0) is 55.0 Å². The molecule has 0 aliphatic rings. The molecular formula is C17H20FN. The predicted molar refractivity (Wildman–Crippen MR) is 77.6 cm³/mol. The summed E-state index contributed by atoms with van der Waals surface area (Å²) < 4.78 is 13.1. The molecule has 0 radical (unpaired) electrons. The number of halogens is 1. The van der Waals surface area contributed by atoms with E-state index in [1.807, 2.05) is 12.1 Å². The highest BCUT2D eigenvalue weighted by Crippen LogP contribution is 2.24. The molecule has 0 aliphatic carbocycles. The van der Waals surface area contributed by atoms with Gasteiger partial charge in [-0.1, -0.05) is 42.5 Å². The lowest BCUT2D eigenvalue weighted by atomic mass is 9.90. The van der Waals surface area contributed by atoms with Gasteiger partial charge < -0.3 is 5.73 Å². The Morgan fingerprint density at radius 2 is 1.74 bits per heavy atom. The SMILES string of the molecule is NCCC(CCc1cccc(F)c1)c1ccccc1. The lowest BCUT2D eigenvalue weighted by molar-refractivity contribution is 0.580. The van der Waals surface area contributed by atoms with Crippen molar-refractivity contribution < 1.29 is 4.39 Å². The van der Waals surface area contributed by atoms with Crippen molar-refractivity contribution in [3.63, 3.8) is 0 Å². The van der Waals surface area contributed by atoms with Crippen LogP contribution in [0.15, 0.2) is 54.6 Å². The van der Waals surface area contributed by atoms with Gasteiger partial charge in [0.15, 0.2) is 0 Å². The minimum atomic E-state index is -0.160. The Kier molecular flexibility index (Phi) is 5.10. The summed E-state index contributed by atoms with van der Waals surface area (Å²) in [5, 5.41) is 0. The van der Waals surface area contributed by atoms with Gasteiger partial charge in [-0.3, -0.25) is 0 Å². The molecule has 19 heavy (non-hydrogen) atoms. The third-order valence-corrected chi connectivity index (χ3v) is 3.46. The van der Waals surface area contributed by atoms with E-state index in [4.69, 9.17) is 5.73 Å². The molecule has 1 nitrogen and oxygen atoms in total. The van der Waals surface area contributed by atoms with Crippen molar-refractivity contribution in [1.82, 2.24) is 0 Å². The Bertz CT molecular complexity index is 496. The summed E-state index contributed by atoms with van der Waals surface area (Å²) in [4.78, 5) is 0. The van der Waals surface area contributed by atoms with E-state index in [1.165, 1.54) is 11.6 Å². The maximum atomic E-state index is 13.1. The molecule has 1 unspecified atom stereocenters. The second-order valence-corrected chi connectivity index (χ2v) is 4.85. The monoisotopic (exact) mass is 257 g/mol. The average Bonchev–Trinajstić information content (AvgIpc) is 2.44. The van der Waals surface area contributed by atoms with Gasteiger partial charge in [-0.2, -0.15) is 0 Å². The molecule has 2 rings (SSSR count). The Labute approximate surface area is 114 Å². The molecule has 0 fully saturated rings. The first kappa shape index (κ1) is 13.8. The van der Waals surface area contributed by atoms with Crippen molar-refractivity contribution in [3.05, 3.63) is 71.5 Å². The van der Waals surface area contributed by atoms with Crippen LogP contribution in [0.25, 0.3) is 0 Å². The highest BCUT2D eigenvalue weighted by Gasteiger charge is 2.10. The van der Waals surface area contributed by atoms with Crippen molar-refractivity contribution >= 4 is 0 Å². The van der Waals surface area contributed by atoms with Crippen LogP contribution in [0.5, 0.6) is 0 Å². The molecule has 0 bridgehead atoms. The normalized spacial score (nSPS) is 12.3. The van der Waals surface area contributed by atoms with Crippen molar-refractivity contribution in [1.29, 1.82) is 0 Å². The zero-order valence-corrected chi connectivity index (χ0v) is 11.1. The molecule has 0 saturated heterocycles. The van der Waals surface area contributed by atoms with Crippen LogP contribution in [0.4, 0.5) is 4.39 Å². The van der Waals surface area contributed by atoms with E-state index in [1.54, 1.807) is 12.1 Å². The molecule has 2 N–H and O–H groups in total.